The maximum atomic E-state index is 11.3. The van der Waals surface area contributed by atoms with Crippen LogP contribution in [0.5, 0.6) is 5.75 Å². The molecule has 0 amide bonds. The molecule has 0 bridgehead atoms. The second-order valence-corrected chi connectivity index (χ2v) is 14.8. The highest BCUT2D eigenvalue weighted by molar-refractivity contribution is 6.79. The van der Waals surface area contributed by atoms with Crippen LogP contribution < -0.4 is 4.74 Å². The van der Waals surface area contributed by atoms with Crippen molar-refractivity contribution in [2.75, 3.05) is 20.3 Å². The van der Waals surface area contributed by atoms with Crippen molar-refractivity contribution in [3.05, 3.63) is 65.7 Å². The van der Waals surface area contributed by atoms with E-state index in [-0.39, 0.29) is 13.2 Å². The van der Waals surface area contributed by atoms with Crippen LogP contribution in [0.15, 0.2) is 54.6 Å². The van der Waals surface area contributed by atoms with E-state index in [0.29, 0.717) is 13.2 Å². The number of ether oxygens (including phenoxy) is 5. The minimum absolute atomic E-state index is 0.254. The topological polar surface area (TPSA) is 86.6 Å². The van der Waals surface area contributed by atoms with Gasteiger partial charge in [-0.2, -0.15) is 0 Å². The molecule has 2 N–H and O–H groups in total. The minimum Gasteiger partial charge on any atom is -0.497 e. The number of benzene rings is 2. The average Bonchev–Trinajstić information content (AvgIpc) is 2.83. The summed E-state index contributed by atoms with van der Waals surface area (Å²) in [5.41, 5.74) is 1.93. The van der Waals surface area contributed by atoms with Gasteiger partial charge in [-0.15, -0.1) is 0 Å². The molecule has 1 heterocycles. The fraction of sp³-hybridized carbons (Fsp3) is 0.538. The molecule has 5 atom stereocenters. The van der Waals surface area contributed by atoms with Crippen molar-refractivity contribution in [1.82, 2.24) is 0 Å². The monoisotopic (exact) mass is 490 g/mol. The van der Waals surface area contributed by atoms with E-state index in [2.05, 4.69) is 19.6 Å². The van der Waals surface area contributed by atoms with Gasteiger partial charge in [-0.05, 0) is 30.2 Å². The van der Waals surface area contributed by atoms with Crippen LogP contribution in [0.3, 0.4) is 0 Å². The Hall–Kier alpha value is -1.78. The van der Waals surface area contributed by atoms with Crippen molar-refractivity contribution in [2.24, 2.45) is 0 Å². The van der Waals surface area contributed by atoms with E-state index in [1.54, 1.807) is 7.11 Å². The van der Waals surface area contributed by atoms with Crippen molar-refractivity contribution in [3.8, 4) is 5.75 Å². The van der Waals surface area contributed by atoms with Crippen LogP contribution in [0.4, 0.5) is 0 Å². The molecule has 1 aliphatic heterocycles. The van der Waals surface area contributed by atoms with Gasteiger partial charge in [0.05, 0.1) is 35.0 Å². The molecule has 1 saturated heterocycles. The van der Waals surface area contributed by atoms with Crippen LogP contribution in [0.2, 0.25) is 19.6 Å². The van der Waals surface area contributed by atoms with E-state index in [1.807, 2.05) is 61.5 Å². The number of rotatable bonds is 11. The summed E-state index contributed by atoms with van der Waals surface area (Å²) >= 11 is 0. The molecule has 34 heavy (non-hydrogen) atoms. The molecule has 1 aliphatic rings. The highest BCUT2D eigenvalue weighted by atomic mass is 28.3. The summed E-state index contributed by atoms with van der Waals surface area (Å²) in [6.07, 6.45) is -3.51. The van der Waals surface area contributed by atoms with Gasteiger partial charge in [0, 0.05) is 6.61 Å². The van der Waals surface area contributed by atoms with Crippen LogP contribution in [-0.4, -0.2) is 68.4 Å². The van der Waals surface area contributed by atoms with Crippen molar-refractivity contribution < 1.29 is 33.9 Å². The predicted molar refractivity (Wildman–Crippen MR) is 132 cm³/mol. The first kappa shape index (κ1) is 26.8. The molecule has 0 radical (unpaired) electrons. The van der Waals surface area contributed by atoms with Gasteiger partial charge in [0.25, 0.3) is 0 Å². The summed E-state index contributed by atoms with van der Waals surface area (Å²) in [7, 11) is -0.696. The van der Waals surface area contributed by atoms with E-state index < -0.39 is 37.9 Å². The fourth-order valence-corrected chi connectivity index (χ4v) is 6.91. The molecule has 188 valence electrons. The third-order valence-electron chi connectivity index (χ3n) is 6.34. The van der Waals surface area contributed by atoms with Gasteiger partial charge in [-0.3, -0.25) is 0 Å². The molecule has 0 saturated carbocycles. The summed E-state index contributed by atoms with van der Waals surface area (Å²) in [5.74, 6) is 0.759. The number of hydrogen-bond acceptors (Lipinski definition) is 7. The maximum absolute atomic E-state index is 11.3. The summed E-state index contributed by atoms with van der Waals surface area (Å²) < 4.78 is 30.6. The van der Waals surface area contributed by atoms with Crippen molar-refractivity contribution in [2.45, 2.75) is 69.6 Å². The van der Waals surface area contributed by atoms with Gasteiger partial charge < -0.3 is 33.9 Å². The predicted octanol–water partition coefficient (Wildman–Crippen LogP) is 3.53. The Morgan fingerprint density at radius 1 is 0.941 bits per heavy atom. The molecule has 2 aromatic rings. The molecule has 0 aromatic heterocycles. The largest absolute Gasteiger partial charge is 0.497 e. The first-order valence-electron chi connectivity index (χ1n) is 11.7. The second kappa shape index (κ2) is 11.8. The molecule has 1 fully saturated rings. The van der Waals surface area contributed by atoms with E-state index in [0.717, 1.165) is 16.9 Å². The van der Waals surface area contributed by atoms with E-state index >= 15 is 0 Å². The average molecular weight is 491 g/mol. The highest BCUT2D eigenvalue weighted by Crippen LogP contribution is 2.43. The molecule has 0 unspecified atom stereocenters. The summed E-state index contributed by atoms with van der Waals surface area (Å²) in [5, 5.41) is 20.2. The summed E-state index contributed by atoms with van der Waals surface area (Å²) in [6.45, 7) is 8.97. The molecular weight excluding hydrogens is 452 g/mol. The fourth-order valence-electron chi connectivity index (χ4n) is 4.44. The quantitative estimate of drug-likeness (QED) is 0.466. The number of hydrogen-bond donors (Lipinski definition) is 2. The standard InChI is InChI=1S/C26H38O7Si/c1-6-30-25-26(34(3,4)5,32-18-19-10-8-7-9-11-19)24(23(28)22(16-27)33-25)31-17-20-12-14-21(29-2)15-13-20/h7-15,22-25,27-28H,6,16-18H2,1-5H3/t22-,23+,24+,25+,26+/m1/s1. The van der Waals surface area contributed by atoms with Gasteiger partial charge in [-0.25, -0.2) is 0 Å². The van der Waals surface area contributed by atoms with Gasteiger partial charge in [0.2, 0.25) is 0 Å². The van der Waals surface area contributed by atoms with E-state index in [1.165, 1.54) is 0 Å². The lowest BCUT2D eigenvalue weighted by Crippen LogP contribution is -2.77. The zero-order valence-electron chi connectivity index (χ0n) is 20.8. The Bertz CT molecular complexity index is 871. The zero-order valence-corrected chi connectivity index (χ0v) is 21.8. The Kier molecular flexibility index (Phi) is 9.28. The molecule has 7 nitrogen and oxygen atoms in total. The molecule has 0 aliphatic carbocycles. The van der Waals surface area contributed by atoms with Crippen LogP contribution in [-0.2, 0) is 32.2 Å². The van der Waals surface area contributed by atoms with E-state index in [9.17, 15) is 10.2 Å². The lowest BCUT2D eigenvalue weighted by molar-refractivity contribution is -0.338. The normalized spacial score (nSPS) is 27.5. The minimum atomic E-state index is -2.32. The Morgan fingerprint density at radius 2 is 1.59 bits per heavy atom. The van der Waals surface area contributed by atoms with Crippen molar-refractivity contribution >= 4 is 8.07 Å². The SMILES string of the molecule is CCO[C@H]1O[C@H](CO)[C@H](O)[C@H](OCc2ccc(OC)cc2)[C@]1(OCc1ccccc1)[Si](C)(C)C. The second-order valence-electron chi connectivity index (χ2n) is 9.53. The third-order valence-corrected chi connectivity index (χ3v) is 9.35. The lowest BCUT2D eigenvalue weighted by atomic mass is 9.97. The smallest absolute Gasteiger partial charge is 0.186 e. The highest BCUT2D eigenvalue weighted by Gasteiger charge is 2.64. The number of aliphatic hydroxyl groups excluding tert-OH is 2. The van der Waals surface area contributed by atoms with Gasteiger partial charge in [0.1, 0.15) is 29.3 Å². The van der Waals surface area contributed by atoms with E-state index in [4.69, 9.17) is 23.7 Å². The first-order valence-corrected chi connectivity index (χ1v) is 15.2. The first-order chi connectivity index (χ1) is 16.3. The van der Waals surface area contributed by atoms with Gasteiger partial charge >= 0.3 is 0 Å². The maximum Gasteiger partial charge on any atom is 0.186 e. The van der Waals surface area contributed by atoms with Gasteiger partial charge in [-0.1, -0.05) is 62.1 Å². The van der Waals surface area contributed by atoms with Crippen LogP contribution >= 0.6 is 0 Å². The molecule has 3 rings (SSSR count). The molecule has 0 spiro atoms. The number of aliphatic hydroxyl groups is 2. The Morgan fingerprint density at radius 3 is 2.15 bits per heavy atom. The van der Waals surface area contributed by atoms with Gasteiger partial charge in [0.15, 0.2) is 6.29 Å². The molecular formula is C26H38O7Si. The molecule has 2 aromatic carbocycles. The lowest BCUT2D eigenvalue weighted by Gasteiger charge is -2.57. The van der Waals surface area contributed by atoms with Crippen molar-refractivity contribution in [1.29, 1.82) is 0 Å². The summed E-state index contributed by atoms with van der Waals surface area (Å²) in [4.78, 5) is 0. The Labute approximate surface area is 203 Å². The number of methoxy groups -OCH3 is 1. The van der Waals surface area contributed by atoms with Crippen LogP contribution in [0.25, 0.3) is 0 Å². The van der Waals surface area contributed by atoms with Crippen LogP contribution in [0, 0.1) is 0 Å². The summed E-state index contributed by atoms with van der Waals surface area (Å²) in [6, 6.07) is 17.5. The zero-order chi connectivity index (χ0) is 24.8. The molecule has 8 heteroatoms. The Balaban J connectivity index is 1.99. The van der Waals surface area contributed by atoms with Crippen molar-refractivity contribution in [3.63, 3.8) is 0 Å². The van der Waals surface area contributed by atoms with Crippen LogP contribution in [0.1, 0.15) is 18.1 Å². The third kappa shape index (κ3) is 5.71.